The molecular weight excluding hydrogens is 477 g/mol. The molecule has 12 heteroatoms. The average Bonchev–Trinajstić information content (AvgIpc) is 2.79. The van der Waals surface area contributed by atoms with Crippen molar-refractivity contribution < 1.29 is 32.2 Å². The highest BCUT2D eigenvalue weighted by Gasteiger charge is 2.32. The lowest BCUT2D eigenvalue weighted by molar-refractivity contribution is -0.274. The maximum Gasteiger partial charge on any atom is 0.573 e. The van der Waals surface area contributed by atoms with E-state index < -0.39 is 12.4 Å². The van der Waals surface area contributed by atoms with E-state index in [1.54, 1.807) is 25.1 Å². The molecule has 0 aliphatic carbocycles. The van der Waals surface area contributed by atoms with Gasteiger partial charge in [-0.25, -0.2) is 4.79 Å². The fourth-order valence-corrected chi connectivity index (χ4v) is 3.62. The highest BCUT2D eigenvalue weighted by Crippen LogP contribution is 2.27. The molecule has 1 aliphatic heterocycles. The van der Waals surface area contributed by atoms with Crippen molar-refractivity contribution in [1.29, 1.82) is 0 Å². The van der Waals surface area contributed by atoms with Crippen LogP contribution in [0.2, 0.25) is 0 Å². The topological polar surface area (TPSA) is 85.8 Å². The lowest BCUT2D eigenvalue weighted by Crippen LogP contribution is -2.46. The number of aromatic nitrogens is 2. The fourth-order valence-electron chi connectivity index (χ4n) is 3.62. The van der Waals surface area contributed by atoms with E-state index in [1.807, 2.05) is 4.90 Å². The first kappa shape index (κ1) is 27.3. The van der Waals surface area contributed by atoms with E-state index in [4.69, 9.17) is 9.47 Å². The number of rotatable bonds is 9. The zero-order valence-electron chi connectivity index (χ0n) is 18.9. The Bertz CT molecular complexity index is 931. The zero-order chi connectivity index (χ0) is 23.8. The number of nitrogens with one attached hydrogen (secondary N) is 1. The zero-order valence-corrected chi connectivity index (χ0v) is 19.7. The Balaban J connectivity index is 0.00000408. The van der Waals surface area contributed by atoms with Crippen LogP contribution in [-0.2, 0) is 16.0 Å². The number of methoxy groups -OCH3 is 1. The van der Waals surface area contributed by atoms with Gasteiger partial charge in [0.15, 0.2) is 0 Å². The van der Waals surface area contributed by atoms with Gasteiger partial charge in [-0.15, -0.1) is 25.6 Å². The maximum atomic E-state index is 12.4. The lowest BCUT2D eigenvalue weighted by atomic mass is 10.0. The summed E-state index contributed by atoms with van der Waals surface area (Å²) in [6, 6.07) is 7.21. The van der Waals surface area contributed by atoms with Crippen LogP contribution < -0.4 is 19.7 Å². The molecule has 188 valence electrons. The normalized spacial score (nSPS) is 15.8. The van der Waals surface area contributed by atoms with Crippen molar-refractivity contribution in [2.24, 2.45) is 0 Å². The molecule has 2 heterocycles. The van der Waals surface area contributed by atoms with Gasteiger partial charge in [-0.3, -0.25) is 0 Å². The minimum absolute atomic E-state index is 0. The second-order valence-corrected chi connectivity index (χ2v) is 7.42. The number of anilines is 2. The number of nitrogens with zero attached hydrogens (tertiary/aromatic N) is 3. The average molecular weight is 505 g/mol. The van der Waals surface area contributed by atoms with Crippen molar-refractivity contribution >= 4 is 30.0 Å². The summed E-state index contributed by atoms with van der Waals surface area (Å²) in [7, 11) is 1.46. The Morgan fingerprint density at radius 1 is 1.21 bits per heavy atom. The third kappa shape index (κ3) is 7.82. The first-order valence-electron chi connectivity index (χ1n) is 10.7. The summed E-state index contributed by atoms with van der Waals surface area (Å²) in [5.41, 5.74) is 0.830. The van der Waals surface area contributed by atoms with E-state index in [2.05, 4.69) is 20.0 Å². The van der Waals surface area contributed by atoms with Crippen LogP contribution >= 0.6 is 12.4 Å². The van der Waals surface area contributed by atoms with Crippen molar-refractivity contribution in [2.45, 2.75) is 45.0 Å². The van der Waals surface area contributed by atoms with Crippen LogP contribution in [-0.4, -0.2) is 55.1 Å². The predicted molar refractivity (Wildman–Crippen MR) is 123 cm³/mol. The SMILES string of the molecule is CCOC(=O)C1CCCCN1c1cc(NCCc2ccc(OC(F)(F)F)cc2)nc(OC)n1.Cl. The third-order valence-electron chi connectivity index (χ3n) is 5.11. The Morgan fingerprint density at radius 2 is 1.94 bits per heavy atom. The van der Waals surface area contributed by atoms with Gasteiger partial charge in [0, 0.05) is 19.2 Å². The summed E-state index contributed by atoms with van der Waals surface area (Å²) >= 11 is 0. The molecule has 0 amide bonds. The number of hydrogen-bond donors (Lipinski definition) is 1. The monoisotopic (exact) mass is 504 g/mol. The molecule has 34 heavy (non-hydrogen) atoms. The molecule has 1 aliphatic rings. The second kappa shape index (κ2) is 12.5. The van der Waals surface area contributed by atoms with Crippen molar-refractivity contribution in [3.05, 3.63) is 35.9 Å². The predicted octanol–water partition coefficient (Wildman–Crippen LogP) is 4.38. The molecule has 1 N–H and O–H groups in total. The molecule has 1 fully saturated rings. The maximum absolute atomic E-state index is 12.4. The molecule has 0 saturated carbocycles. The van der Waals surface area contributed by atoms with Gasteiger partial charge in [-0.2, -0.15) is 9.97 Å². The number of ether oxygens (including phenoxy) is 3. The van der Waals surface area contributed by atoms with Crippen LogP contribution in [0.25, 0.3) is 0 Å². The van der Waals surface area contributed by atoms with Crippen LogP contribution in [0.1, 0.15) is 31.7 Å². The van der Waals surface area contributed by atoms with Gasteiger partial charge in [-0.1, -0.05) is 12.1 Å². The Morgan fingerprint density at radius 3 is 2.59 bits per heavy atom. The quantitative estimate of drug-likeness (QED) is 0.503. The minimum Gasteiger partial charge on any atom is -0.467 e. The summed E-state index contributed by atoms with van der Waals surface area (Å²) in [4.78, 5) is 23.1. The number of benzene rings is 1. The highest BCUT2D eigenvalue weighted by atomic mass is 35.5. The van der Waals surface area contributed by atoms with Crippen LogP contribution in [0.3, 0.4) is 0 Å². The summed E-state index contributed by atoms with van der Waals surface area (Å²) in [6.45, 7) is 3.22. The van der Waals surface area contributed by atoms with E-state index in [1.165, 1.54) is 19.2 Å². The Hall–Kier alpha value is -2.95. The van der Waals surface area contributed by atoms with Crippen LogP contribution in [0, 0.1) is 0 Å². The van der Waals surface area contributed by atoms with Crippen molar-refractivity contribution in [3.63, 3.8) is 0 Å². The number of hydrogen-bond acceptors (Lipinski definition) is 8. The molecule has 1 atom stereocenters. The lowest BCUT2D eigenvalue weighted by Gasteiger charge is -2.35. The van der Waals surface area contributed by atoms with Crippen molar-refractivity contribution in [2.75, 3.05) is 37.0 Å². The van der Waals surface area contributed by atoms with Crippen molar-refractivity contribution in [1.82, 2.24) is 9.97 Å². The summed E-state index contributed by atoms with van der Waals surface area (Å²) in [5.74, 6) is 0.544. The van der Waals surface area contributed by atoms with Crippen LogP contribution in [0.15, 0.2) is 30.3 Å². The van der Waals surface area contributed by atoms with E-state index in [9.17, 15) is 18.0 Å². The van der Waals surface area contributed by atoms with Gasteiger partial charge < -0.3 is 24.4 Å². The molecule has 2 aromatic rings. The highest BCUT2D eigenvalue weighted by molar-refractivity contribution is 5.85. The fraction of sp³-hybridized carbons (Fsp3) is 0.500. The number of esters is 1. The molecule has 3 rings (SSSR count). The molecule has 0 radical (unpaired) electrons. The summed E-state index contributed by atoms with van der Waals surface area (Å²) < 4.78 is 51.2. The van der Waals surface area contributed by atoms with Crippen LogP contribution in [0.5, 0.6) is 11.8 Å². The van der Waals surface area contributed by atoms with E-state index in [-0.39, 0.29) is 30.1 Å². The first-order chi connectivity index (χ1) is 15.8. The minimum atomic E-state index is -4.71. The molecule has 0 spiro atoms. The molecule has 1 aromatic heterocycles. The smallest absolute Gasteiger partial charge is 0.467 e. The van der Waals surface area contributed by atoms with E-state index >= 15 is 0 Å². The van der Waals surface area contributed by atoms with Gasteiger partial charge in [0.25, 0.3) is 0 Å². The number of halogens is 4. The summed E-state index contributed by atoms with van der Waals surface area (Å²) in [6.07, 6.45) is -1.63. The number of alkyl halides is 3. The van der Waals surface area contributed by atoms with Gasteiger partial charge in [0.05, 0.1) is 13.7 Å². The van der Waals surface area contributed by atoms with Crippen LogP contribution in [0.4, 0.5) is 24.8 Å². The van der Waals surface area contributed by atoms with Gasteiger partial charge in [0.2, 0.25) is 0 Å². The Kier molecular flexibility index (Phi) is 10.0. The van der Waals surface area contributed by atoms with Gasteiger partial charge in [0.1, 0.15) is 23.4 Å². The third-order valence-corrected chi connectivity index (χ3v) is 5.11. The standard InChI is InChI=1S/C22H27F3N4O4.ClH/c1-3-32-20(30)17-6-4-5-13-29(17)19-14-18(27-21(28-19)31-2)26-12-11-15-7-9-16(10-8-15)33-22(23,24)25;/h7-10,14,17H,3-6,11-13H2,1-2H3,(H,26,27,28);1H. The Labute approximate surface area is 202 Å². The molecule has 0 bridgehead atoms. The number of carbonyl (C=O) groups excluding carboxylic acids is 1. The molecule has 1 saturated heterocycles. The second-order valence-electron chi connectivity index (χ2n) is 7.42. The number of piperidine rings is 1. The van der Waals surface area contributed by atoms with E-state index in [0.29, 0.717) is 44.2 Å². The molecule has 8 nitrogen and oxygen atoms in total. The molecule has 1 aromatic carbocycles. The van der Waals surface area contributed by atoms with E-state index in [0.717, 1.165) is 18.4 Å². The largest absolute Gasteiger partial charge is 0.573 e. The number of carbonyl (C=O) groups is 1. The van der Waals surface area contributed by atoms with Crippen molar-refractivity contribution in [3.8, 4) is 11.8 Å². The molecule has 1 unspecified atom stereocenters. The summed E-state index contributed by atoms with van der Waals surface area (Å²) in [5, 5.41) is 3.18. The first-order valence-corrected chi connectivity index (χ1v) is 10.7. The van der Waals surface area contributed by atoms with Gasteiger partial charge in [-0.05, 0) is 50.3 Å². The molecular formula is C22H28ClF3N4O4. The van der Waals surface area contributed by atoms with Gasteiger partial charge >= 0.3 is 18.3 Å².